The molecular weight excluding hydrogens is 552 g/mol. The summed E-state index contributed by atoms with van der Waals surface area (Å²) >= 11 is 0. The highest BCUT2D eigenvalue weighted by atomic mass is 16.6. The normalized spacial score (nSPS) is 17.8. The second-order valence-corrected chi connectivity index (χ2v) is 10.1. The lowest BCUT2D eigenvalue weighted by Crippen LogP contribution is -2.56. The average Bonchev–Trinajstić information content (AvgIpc) is 3.08. The number of nitrogens with zero attached hydrogens (tertiary/aromatic N) is 4. The molecule has 0 aliphatic carbocycles. The molecule has 0 fully saturated rings. The van der Waals surface area contributed by atoms with E-state index in [2.05, 4.69) is 0 Å². The van der Waals surface area contributed by atoms with Gasteiger partial charge in [0, 0.05) is 11.1 Å². The van der Waals surface area contributed by atoms with E-state index in [9.17, 15) is 9.59 Å². The molecule has 8 nitrogen and oxygen atoms in total. The molecule has 0 radical (unpaired) electrons. The summed E-state index contributed by atoms with van der Waals surface area (Å²) in [5.41, 5.74) is 3.92. The van der Waals surface area contributed by atoms with Crippen LogP contribution >= 0.6 is 0 Å². The summed E-state index contributed by atoms with van der Waals surface area (Å²) in [6.07, 6.45) is -1.33. The van der Waals surface area contributed by atoms with Crippen LogP contribution in [0.5, 0.6) is 0 Å². The molecule has 0 spiro atoms. The SMILES string of the molecule is CCOC(=O)C1=C(c2ccccc2)N=C2N=C(c3ccccc3)N(C(=O)OCC)C(c3ccccc3)N2C1c1ccccc1. The quantitative estimate of drug-likeness (QED) is 0.219. The largest absolute Gasteiger partial charge is 0.463 e. The predicted octanol–water partition coefficient (Wildman–Crippen LogP) is 6.99. The molecule has 1 amide bonds. The minimum atomic E-state index is -0.770. The number of amidine groups is 1. The minimum Gasteiger partial charge on any atom is -0.463 e. The zero-order chi connectivity index (χ0) is 30.5. The van der Waals surface area contributed by atoms with E-state index in [1.165, 1.54) is 0 Å². The standard InChI is InChI=1S/C36H32N4O4/c1-3-43-34(41)29-30(25-17-9-5-10-18-25)37-35-38-32(27-21-13-7-14-22-27)40(36(42)44-4-2)33(28-23-15-8-16-24-28)39(35)31(29)26-19-11-6-12-20-26/h5-24,31,33H,3-4H2,1-2H3. The molecule has 44 heavy (non-hydrogen) atoms. The van der Waals surface area contributed by atoms with Crippen LogP contribution in [-0.2, 0) is 14.3 Å². The Kier molecular flexibility index (Phi) is 8.32. The number of esters is 1. The summed E-state index contributed by atoms with van der Waals surface area (Å²) in [6, 6.07) is 37.7. The Balaban J connectivity index is 1.71. The third-order valence-electron chi connectivity index (χ3n) is 7.44. The van der Waals surface area contributed by atoms with Gasteiger partial charge in [-0.2, -0.15) is 4.99 Å². The highest BCUT2D eigenvalue weighted by Gasteiger charge is 2.49. The smallest absolute Gasteiger partial charge is 0.417 e. The van der Waals surface area contributed by atoms with Gasteiger partial charge in [0.25, 0.3) is 0 Å². The lowest BCUT2D eigenvalue weighted by atomic mass is 9.90. The first kappa shape index (κ1) is 28.6. The Labute approximate surface area is 256 Å². The van der Waals surface area contributed by atoms with Gasteiger partial charge in [0.2, 0.25) is 5.96 Å². The number of carbonyl (C=O) groups excluding carboxylic acids is 2. The van der Waals surface area contributed by atoms with E-state index in [0.717, 1.165) is 22.3 Å². The Hall–Kier alpha value is -5.50. The minimum absolute atomic E-state index is 0.175. The van der Waals surface area contributed by atoms with Crippen LogP contribution in [0.25, 0.3) is 5.70 Å². The first-order chi connectivity index (χ1) is 21.6. The first-order valence-electron chi connectivity index (χ1n) is 14.7. The van der Waals surface area contributed by atoms with Crippen LogP contribution in [0, 0.1) is 0 Å². The van der Waals surface area contributed by atoms with Gasteiger partial charge in [-0.15, -0.1) is 0 Å². The molecule has 2 atom stereocenters. The van der Waals surface area contributed by atoms with Gasteiger partial charge in [0.15, 0.2) is 5.84 Å². The summed E-state index contributed by atoms with van der Waals surface area (Å²) in [6.45, 7) is 3.92. The van der Waals surface area contributed by atoms with Crippen molar-refractivity contribution in [2.45, 2.75) is 26.1 Å². The zero-order valence-corrected chi connectivity index (χ0v) is 24.5. The lowest BCUT2D eigenvalue weighted by Gasteiger charge is -2.48. The Morgan fingerprint density at radius 3 is 1.75 bits per heavy atom. The lowest BCUT2D eigenvalue weighted by molar-refractivity contribution is -0.139. The highest BCUT2D eigenvalue weighted by Crippen LogP contribution is 2.47. The third kappa shape index (κ3) is 5.38. The molecular formula is C36H32N4O4. The van der Waals surface area contributed by atoms with Crippen molar-refractivity contribution in [1.82, 2.24) is 9.80 Å². The number of hydrogen-bond acceptors (Lipinski definition) is 7. The van der Waals surface area contributed by atoms with E-state index in [4.69, 9.17) is 19.5 Å². The number of carbonyl (C=O) groups is 2. The number of hydrogen-bond donors (Lipinski definition) is 0. The molecule has 2 aliphatic heterocycles. The van der Waals surface area contributed by atoms with Crippen molar-refractivity contribution in [3.8, 4) is 0 Å². The number of ether oxygens (including phenoxy) is 2. The maximum atomic E-state index is 14.0. The molecule has 0 saturated heterocycles. The highest BCUT2D eigenvalue weighted by molar-refractivity contribution is 6.15. The van der Waals surface area contributed by atoms with Gasteiger partial charge in [0.05, 0.1) is 30.5 Å². The molecule has 0 bridgehead atoms. The van der Waals surface area contributed by atoms with Crippen LogP contribution in [0.2, 0.25) is 0 Å². The second-order valence-electron chi connectivity index (χ2n) is 10.1. The van der Waals surface area contributed by atoms with Crippen molar-refractivity contribution in [3.63, 3.8) is 0 Å². The Morgan fingerprint density at radius 1 is 0.659 bits per heavy atom. The van der Waals surface area contributed by atoms with Crippen LogP contribution in [0.4, 0.5) is 4.79 Å². The topological polar surface area (TPSA) is 83.8 Å². The Morgan fingerprint density at radius 2 is 1.18 bits per heavy atom. The number of fused-ring (bicyclic) bond motifs is 1. The average molecular weight is 585 g/mol. The monoisotopic (exact) mass is 584 g/mol. The number of aliphatic imine (C=N–C) groups is 2. The number of benzene rings is 4. The molecule has 220 valence electrons. The maximum absolute atomic E-state index is 14.0. The van der Waals surface area contributed by atoms with Crippen molar-refractivity contribution in [1.29, 1.82) is 0 Å². The Bertz CT molecular complexity index is 1720. The molecule has 0 N–H and O–H groups in total. The van der Waals surface area contributed by atoms with E-state index in [1.807, 2.05) is 126 Å². The van der Waals surface area contributed by atoms with E-state index in [0.29, 0.717) is 23.1 Å². The summed E-state index contributed by atoms with van der Waals surface area (Å²) in [4.78, 5) is 41.5. The fourth-order valence-corrected chi connectivity index (χ4v) is 5.63. The molecule has 4 aromatic rings. The molecule has 0 aromatic heterocycles. The fraction of sp³-hybridized carbons (Fsp3) is 0.167. The molecule has 8 heteroatoms. The van der Waals surface area contributed by atoms with Gasteiger partial charge in [-0.05, 0) is 25.0 Å². The molecule has 4 aromatic carbocycles. The number of amides is 1. The molecule has 2 aliphatic rings. The van der Waals surface area contributed by atoms with Gasteiger partial charge >= 0.3 is 12.1 Å². The summed E-state index contributed by atoms with van der Waals surface area (Å²) in [7, 11) is 0. The van der Waals surface area contributed by atoms with Crippen molar-refractivity contribution < 1.29 is 19.1 Å². The van der Waals surface area contributed by atoms with E-state index >= 15 is 0 Å². The van der Waals surface area contributed by atoms with Gasteiger partial charge < -0.3 is 14.4 Å². The van der Waals surface area contributed by atoms with Crippen molar-refractivity contribution in [3.05, 3.63) is 149 Å². The molecule has 6 rings (SSSR count). The first-order valence-corrected chi connectivity index (χ1v) is 14.7. The summed E-state index contributed by atoms with van der Waals surface area (Å²) in [5.74, 6) is 0.265. The van der Waals surface area contributed by atoms with Gasteiger partial charge in [-0.25, -0.2) is 19.5 Å². The van der Waals surface area contributed by atoms with E-state index in [-0.39, 0.29) is 13.2 Å². The van der Waals surface area contributed by atoms with Crippen LogP contribution in [0.1, 0.15) is 48.3 Å². The van der Waals surface area contributed by atoms with Crippen molar-refractivity contribution in [2.75, 3.05) is 13.2 Å². The second kappa shape index (κ2) is 12.8. The number of rotatable bonds is 7. The van der Waals surface area contributed by atoms with E-state index in [1.54, 1.807) is 18.7 Å². The van der Waals surface area contributed by atoms with Gasteiger partial charge in [0.1, 0.15) is 6.17 Å². The molecule has 2 heterocycles. The van der Waals surface area contributed by atoms with Gasteiger partial charge in [-0.3, -0.25) is 0 Å². The van der Waals surface area contributed by atoms with Gasteiger partial charge in [-0.1, -0.05) is 121 Å². The molecule has 2 unspecified atom stereocenters. The summed E-state index contributed by atoms with van der Waals surface area (Å²) in [5, 5.41) is 0. The van der Waals surface area contributed by atoms with Crippen LogP contribution in [0.15, 0.2) is 137 Å². The maximum Gasteiger partial charge on any atom is 0.417 e. The van der Waals surface area contributed by atoms with Crippen molar-refractivity contribution in [2.24, 2.45) is 9.98 Å². The van der Waals surface area contributed by atoms with Crippen LogP contribution in [-0.4, -0.2) is 46.9 Å². The third-order valence-corrected chi connectivity index (χ3v) is 7.44. The number of guanidine groups is 1. The predicted molar refractivity (Wildman–Crippen MR) is 169 cm³/mol. The zero-order valence-electron chi connectivity index (χ0n) is 24.5. The summed E-state index contributed by atoms with van der Waals surface area (Å²) < 4.78 is 11.3. The molecule has 0 saturated carbocycles. The van der Waals surface area contributed by atoms with Crippen LogP contribution < -0.4 is 0 Å². The van der Waals surface area contributed by atoms with Crippen LogP contribution in [0.3, 0.4) is 0 Å². The van der Waals surface area contributed by atoms with Crippen molar-refractivity contribution >= 4 is 29.6 Å². The fourth-order valence-electron chi connectivity index (χ4n) is 5.63. The van der Waals surface area contributed by atoms with E-state index < -0.39 is 24.3 Å².